The van der Waals surface area contributed by atoms with Crippen LogP contribution in [-0.4, -0.2) is 21.4 Å². The van der Waals surface area contributed by atoms with E-state index in [1.165, 1.54) is 19.2 Å². The fraction of sp³-hybridized carbons (Fsp3) is 0.133. The van der Waals surface area contributed by atoms with Crippen molar-refractivity contribution in [2.45, 2.75) is 11.4 Å². The summed E-state index contributed by atoms with van der Waals surface area (Å²) >= 11 is 0. The van der Waals surface area contributed by atoms with E-state index in [0.717, 1.165) is 11.3 Å². The summed E-state index contributed by atoms with van der Waals surface area (Å²) in [6, 6.07) is 16.0. The number of para-hydroxylation sites is 1. The van der Waals surface area contributed by atoms with Crippen LogP contribution in [0.3, 0.4) is 0 Å². The summed E-state index contributed by atoms with van der Waals surface area (Å²) in [5.41, 5.74) is 7.54. The van der Waals surface area contributed by atoms with Crippen molar-refractivity contribution in [2.24, 2.45) is 10.7 Å². The maximum absolute atomic E-state index is 11.6. The van der Waals surface area contributed by atoms with E-state index < -0.39 is 10.0 Å². The summed E-state index contributed by atoms with van der Waals surface area (Å²) < 4.78 is 25.5. The summed E-state index contributed by atoms with van der Waals surface area (Å²) in [5, 5.41) is 2.98. The van der Waals surface area contributed by atoms with Crippen molar-refractivity contribution in [1.29, 1.82) is 0 Å². The Kier molecular flexibility index (Phi) is 5.13. The minimum atomic E-state index is -3.41. The highest BCUT2D eigenvalue weighted by Crippen LogP contribution is 2.11. The number of nitrogens with zero attached hydrogens (tertiary/aromatic N) is 1. The van der Waals surface area contributed by atoms with E-state index in [9.17, 15) is 8.42 Å². The molecule has 2 aromatic carbocycles. The molecule has 0 aliphatic carbocycles. The number of anilines is 1. The number of hydrogen-bond acceptors (Lipinski definition) is 3. The van der Waals surface area contributed by atoms with Gasteiger partial charge in [0.25, 0.3) is 0 Å². The van der Waals surface area contributed by atoms with Crippen LogP contribution in [0.2, 0.25) is 0 Å². The van der Waals surface area contributed by atoms with E-state index >= 15 is 0 Å². The molecule has 0 saturated heterocycles. The lowest BCUT2D eigenvalue weighted by atomic mass is 10.2. The third kappa shape index (κ3) is 4.31. The van der Waals surface area contributed by atoms with Gasteiger partial charge in [-0.25, -0.2) is 18.1 Å². The topological polar surface area (TPSA) is 96.6 Å². The van der Waals surface area contributed by atoms with Gasteiger partial charge in [-0.05, 0) is 36.9 Å². The van der Waals surface area contributed by atoms with Crippen molar-refractivity contribution in [3.05, 3.63) is 60.2 Å². The highest BCUT2D eigenvalue weighted by atomic mass is 32.2. The summed E-state index contributed by atoms with van der Waals surface area (Å²) in [5.74, 6) is 0.304. The Balaban J connectivity index is 2.01. The first-order valence-corrected chi connectivity index (χ1v) is 8.14. The SMILES string of the molecule is CNS(=O)(=O)c1ccc(CN=C(N)Nc2ccccc2)cc1. The van der Waals surface area contributed by atoms with E-state index in [1.807, 2.05) is 30.3 Å². The molecule has 0 radical (unpaired) electrons. The molecule has 6 nitrogen and oxygen atoms in total. The van der Waals surface area contributed by atoms with Gasteiger partial charge in [0.05, 0.1) is 11.4 Å². The second-order valence-electron chi connectivity index (χ2n) is 4.54. The average Bonchev–Trinajstić information content (AvgIpc) is 2.54. The third-order valence-corrected chi connectivity index (χ3v) is 4.41. The second-order valence-corrected chi connectivity index (χ2v) is 6.43. The largest absolute Gasteiger partial charge is 0.370 e. The lowest BCUT2D eigenvalue weighted by Crippen LogP contribution is -2.22. The first-order chi connectivity index (χ1) is 10.5. The van der Waals surface area contributed by atoms with Gasteiger partial charge in [-0.15, -0.1) is 0 Å². The van der Waals surface area contributed by atoms with Gasteiger partial charge in [0.15, 0.2) is 5.96 Å². The number of guanidine groups is 1. The number of nitrogens with two attached hydrogens (primary N) is 1. The number of nitrogens with one attached hydrogen (secondary N) is 2. The Hall–Kier alpha value is -2.38. The average molecular weight is 318 g/mol. The monoisotopic (exact) mass is 318 g/mol. The molecule has 2 aromatic rings. The first-order valence-electron chi connectivity index (χ1n) is 6.66. The molecule has 0 aromatic heterocycles. The van der Waals surface area contributed by atoms with Crippen LogP contribution in [0.1, 0.15) is 5.56 Å². The van der Waals surface area contributed by atoms with Crippen molar-refractivity contribution >= 4 is 21.7 Å². The van der Waals surface area contributed by atoms with Gasteiger partial charge < -0.3 is 11.1 Å². The van der Waals surface area contributed by atoms with E-state index in [-0.39, 0.29) is 4.90 Å². The zero-order valence-corrected chi connectivity index (χ0v) is 13.0. The normalized spacial score (nSPS) is 12.1. The minimum absolute atomic E-state index is 0.220. The Morgan fingerprint density at radius 3 is 2.32 bits per heavy atom. The Bertz CT molecular complexity index is 741. The Morgan fingerprint density at radius 1 is 1.09 bits per heavy atom. The Labute approximate surface area is 130 Å². The predicted molar refractivity (Wildman–Crippen MR) is 88.1 cm³/mol. The van der Waals surface area contributed by atoms with Gasteiger partial charge in [0.2, 0.25) is 10.0 Å². The molecule has 4 N–H and O–H groups in total. The molecular weight excluding hydrogens is 300 g/mol. The summed E-state index contributed by atoms with van der Waals surface area (Å²) in [6.45, 7) is 0.367. The van der Waals surface area contributed by atoms with Crippen molar-refractivity contribution in [3.8, 4) is 0 Å². The number of rotatable bonds is 5. The predicted octanol–water partition coefficient (Wildman–Crippen LogP) is 1.52. The number of hydrogen-bond donors (Lipinski definition) is 3. The van der Waals surface area contributed by atoms with Crippen LogP contribution in [0.4, 0.5) is 5.69 Å². The van der Waals surface area contributed by atoms with E-state index in [2.05, 4.69) is 15.0 Å². The molecule has 22 heavy (non-hydrogen) atoms. The van der Waals surface area contributed by atoms with Gasteiger partial charge in [-0.2, -0.15) is 0 Å². The molecule has 0 fully saturated rings. The van der Waals surface area contributed by atoms with Crippen LogP contribution in [0.15, 0.2) is 64.5 Å². The molecule has 0 heterocycles. The molecule has 0 unspecified atom stereocenters. The summed E-state index contributed by atoms with van der Waals surface area (Å²) in [7, 11) is -2.03. The standard InChI is InChI=1S/C15H18N4O2S/c1-17-22(20,21)14-9-7-12(8-10-14)11-18-15(16)19-13-5-3-2-4-6-13/h2-10,17H,11H2,1H3,(H3,16,18,19). The molecule has 0 spiro atoms. The van der Waals surface area contributed by atoms with Gasteiger partial charge in [0, 0.05) is 5.69 Å². The highest BCUT2D eigenvalue weighted by Gasteiger charge is 2.10. The maximum Gasteiger partial charge on any atom is 0.240 e. The van der Waals surface area contributed by atoms with Crippen molar-refractivity contribution in [3.63, 3.8) is 0 Å². The van der Waals surface area contributed by atoms with Gasteiger partial charge in [0.1, 0.15) is 0 Å². The minimum Gasteiger partial charge on any atom is -0.370 e. The Morgan fingerprint density at radius 2 is 1.73 bits per heavy atom. The van der Waals surface area contributed by atoms with Crippen molar-refractivity contribution in [1.82, 2.24) is 4.72 Å². The fourth-order valence-electron chi connectivity index (χ4n) is 1.78. The molecule has 0 atom stereocenters. The number of sulfonamides is 1. The zero-order valence-electron chi connectivity index (χ0n) is 12.2. The fourth-order valence-corrected chi connectivity index (χ4v) is 2.51. The maximum atomic E-state index is 11.6. The van der Waals surface area contributed by atoms with Crippen molar-refractivity contribution in [2.75, 3.05) is 12.4 Å². The third-order valence-electron chi connectivity index (χ3n) is 2.98. The van der Waals surface area contributed by atoms with Crippen molar-refractivity contribution < 1.29 is 8.42 Å². The van der Waals surface area contributed by atoms with E-state index in [0.29, 0.717) is 12.5 Å². The molecule has 0 aliphatic heterocycles. The zero-order chi connectivity index (χ0) is 16.0. The first kappa shape index (κ1) is 16.0. The molecule has 116 valence electrons. The molecule has 7 heteroatoms. The number of benzene rings is 2. The smallest absolute Gasteiger partial charge is 0.240 e. The lowest BCUT2D eigenvalue weighted by molar-refractivity contribution is 0.588. The molecule has 0 saturated carbocycles. The lowest BCUT2D eigenvalue weighted by Gasteiger charge is -2.06. The number of aliphatic imine (C=N–C) groups is 1. The second kappa shape index (κ2) is 7.06. The van der Waals surface area contributed by atoms with Crippen LogP contribution in [-0.2, 0) is 16.6 Å². The summed E-state index contributed by atoms with van der Waals surface area (Å²) in [6.07, 6.45) is 0. The highest BCUT2D eigenvalue weighted by molar-refractivity contribution is 7.89. The van der Waals surface area contributed by atoms with Crippen LogP contribution in [0.25, 0.3) is 0 Å². The molecule has 0 amide bonds. The van der Waals surface area contributed by atoms with E-state index in [1.54, 1.807) is 12.1 Å². The van der Waals surface area contributed by atoms with Crippen LogP contribution >= 0.6 is 0 Å². The van der Waals surface area contributed by atoms with Gasteiger partial charge >= 0.3 is 0 Å². The molecule has 2 rings (SSSR count). The van der Waals surface area contributed by atoms with Crippen LogP contribution < -0.4 is 15.8 Å². The molecule has 0 aliphatic rings. The summed E-state index contributed by atoms with van der Waals surface area (Å²) in [4.78, 5) is 4.44. The van der Waals surface area contributed by atoms with Crippen LogP contribution in [0.5, 0.6) is 0 Å². The molecule has 0 bridgehead atoms. The van der Waals surface area contributed by atoms with Gasteiger partial charge in [-0.3, -0.25) is 0 Å². The van der Waals surface area contributed by atoms with Crippen LogP contribution in [0, 0.1) is 0 Å². The van der Waals surface area contributed by atoms with Gasteiger partial charge in [-0.1, -0.05) is 30.3 Å². The van der Waals surface area contributed by atoms with E-state index in [4.69, 9.17) is 5.73 Å². The quantitative estimate of drug-likeness (QED) is 0.575. The molecular formula is C15H18N4O2S.